The zero-order valence-electron chi connectivity index (χ0n) is 8.14. The molecule has 1 aromatic rings. The summed E-state index contributed by atoms with van der Waals surface area (Å²) in [5.74, 6) is 0.720. The summed E-state index contributed by atoms with van der Waals surface area (Å²) < 4.78 is 1.95. The van der Waals surface area contributed by atoms with Gasteiger partial charge in [0.1, 0.15) is 6.20 Å². The Morgan fingerprint density at radius 2 is 2.21 bits per heavy atom. The van der Waals surface area contributed by atoms with Gasteiger partial charge in [0.05, 0.1) is 0 Å². The fraction of sp³-hybridized carbons (Fsp3) is 0.667. The van der Waals surface area contributed by atoms with Crippen molar-refractivity contribution in [1.29, 1.82) is 0 Å². The van der Waals surface area contributed by atoms with Gasteiger partial charge in [0.15, 0.2) is 0 Å². The van der Waals surface area contributed by atoms with Crippen LogP contribution in [0.1, 0.15) is 37.5 Å². The zero-order chi connectivity index (χ0) is 10.1. The molecule has 0 aliphatic heterocycles. The van der Waals surface area contributed by atoms with E-state index in [1.165, 1.54) is 12.8 Å². The smallest absolute Gasteiger partial charge is 0.358 e. The lowest BCUT2D eigenvalue weighted by Gasteiger charge is -2.09. The third kappa shape index (κ3) is 1.49. The Hall–Kier alpha value is -1.39. The second-order valence-electron chi connectivity index (χ2n) is 3.75. The van der Waals surface area contributed by atoms with E-state index in [2.05, 4.69) is 4.98 Å². The van der Waals surface area contributed by atoms with E-state index in [1.54, 1.807) is 6.20 Å². The first-order valence-corrected chi connectivity index (χ1v) is 4.88. The van der Waals surface area contributed by atoms with Crippen molar-refractivity contribution in [3.8, 4) is 0 Å². The highest BCUT2D eigenvalue weighted by Gasteiger charge is 2.23. The van der Waals surface area contributed by atoms with Crippen LogP contribution in [0.3, 0.4) is 0 Å². The molecule has 0 N–H and O–H groups in total. The van der Waals surface area contributed by atoms with E-state index < -0.39 is 4.92 Å². The summed E-state index contributed by atoms with van der Waals surface area (Å²) in [6.07, 6.45) is 6.24. The molecule has 0 atom stereocenters. The summed E-state index contributed by atoms with van der Waals surface area (Å²) in [4.78, 5) is 14.0. The van der Waals surface area contributed by atoms with Gasteiger partial charge in [-0.25, -0.2) is 0 Å². The maximum absolute atomic E-state index is 10.5. The normalized spacial score (nSPS) is 17.5. The maximum atomic E-state index is 10.5. The third-order valence-electron chi connectivity index (χ3n) is 2.81. The van der Waals surface area contributed by atoms with Crippen molar-refractivity contribution < 1.29 is 4.92 Å². The van der Waals surface area contributed by atoms with Crippen LogP contribution in [0.15, 0.2) is 6.20 Å². The van der Waals surface area contributed by atoms with E-state index in [-0.39, 0.29) is 5.82 Å². The lowest BCUT2D eigenvalue weighted by Crippen LogP contribution is -2.04. The number of aryl methyl sites for hydroxylation is 1. The van der Waals surface area contributed by atoms with Crippen LogP contribution in [0, 0.1) is 17.0 Å². The number of hydrogen-bond acceptors (Lipinski definition) is 3. The van der Waals surface area contributed by atoms with Crippen LogP contribution in [0.4, 0.5) is 5.82 Å². The van der Waals surface area contributed by atoms with E-state index in [0.29, 0.717) is 6.04 Å². The van der Waals surface area contributed by atoms with E-state index >= 15 is 0 Å². The Labute approximate surface area is 81.9 Å². The molecular formula is C9H13N3O2. The highest BCUT2D eigenvalue weighted by atomic mass is 16.6. The maximum Gasteiger partial charge on any atom is 0.381 e. The first-order valence-electron chi connectivity index (χ1n) is 4.88. The molecule has 0 amide bonds. The summed E-state index contributed by atoms with van der Waals surface area (Å²) in [6.45, 7) is 1.82. The van der Waals surface area contributed by atoms with Crippen LogP contribution in [0.25, 0.3) is 0 Å². The van der Waals surface area contributed by atoms with E-state index in [0.717, 1.165) is 18.7 Å². The van der Waals surface area contributed by atoms with Gasteiger partial charge in [-0.2, -0.15) is 0 Å². The Bertz CT molecular complexity index is 353. The number of imidazole rings is 1. The number of rotatable bonds is 2. The predicted octanol–water partition coefficient (Wildman–Crippen LogP) is 2.21. The van der Waals surface area contributed by atoms with Crippen molar-refractivity contribution in [3.05, 3.63) is 22.1 Å². The molecule has 5 heteroatoms. The van der Waals surface area contributed by atoms with Crippen LogP contribution in [0.5, 0.6) is 0 Å². The Balaban J connectivity index is 2.28. The molecule has 5 nitrogen and oxygen atoms in total. The Kier molecular flexibility index (Phi) is 2.23. The average molecular weight is 195 g/mol. The molecule has 0 saturated heterocycles. The average Bonchev–Trinajstić information content (AvgIpc) is 2.71. The van der Waals surface area contributed by atoms with Crippen LogP contribution in [0.2, 0.25) is 0 Å². The van der Waals surface area contributed by atoms with E-state index in [4.69, 9.17) is 0 Å². The highest BCUT2D eigenvalue weighted by Crippen LogP contribution is 2.31. The predicted molar refractivity (Wildman–Crippen MR) is 51.1 cm³/mol. The summed E-state index contributed by atoms with van der Waals surface area (Å²) in [5, 5.41) is 10.5. The minimum absolute atomic E-state index is 0.0330. The van der Waals surface area contributed by atoms with Crippen molar-refractivity contribution >= 4 is 5.82 Å². The SMILES string of the molecule is Cc1nc([N+](=O)[O-])cn1C1CCCC1. The lowest BCUT2D eigenvalue weighted by atomic mass is 10.2. The van der Waals surface area contributed by atoms with Gasteiger partial charge in [-0.1, -0.05) is 12.8 Å². The highest BCUT2D eigenvalue weighted by molar-refractivity contribution is 5.17. The van der Waals surface area contributed by atoms with E-state index in [1.807, 2.05) is 11.5 Å². The molecule has 0 spiro atoms. The Morgan fingerprint density at radius 1 is 1.57 bits per heavy atom. The van der Waals surface area contributed by atoms with Gasteiger partial charge in [0.2, 0.25) is 5.82 Å². The minimum atomic E-state index is -0.432. The van der Waals surface area contributed by atoms with Crippen molar-refractivity contribution in [2.24, 2.45) is 0 Å². The molecule has 0 radical (unpaired) electrons. The molecule has 0 bridgehead atoms. The topological polar surface area (TPSA) is 61.0 Å². The molecule has 1 aromatic heterocycles. The minimum Gasteiger partial charge on any atom is -0.358 e. The molecule has 1 aliphatic rings. The molecule has 1 fully saturated rings. The van der Waals surface area contributed by atoms with Crippen molar-refractivity contribution in [1.82, 2.24) is 9.55 Å². The van der Waals surface area contributed by atoms with Gasteiger partial charge in [-0.15, -0.1) is 0 Å². The number of aromatic nitrogens is 2. The molecule has 1 saturated carbocycles. The van der Waals surface area contributed by atoms with Gasteiger partial charge in [-0.05, 0) is 22.7 Å². The fourth-order valence-electron chi connectivity index (χ4n) is 2.11. The molecule has 1 heterocycles. The molecule has 76 valence electrons. The molecule has 14 heavy (non-hydrogen) atoms. The second kappa shape index (κ2) is 3.40. The third-order valence-corrected chi connectivity index (χ3v) is 2.81. The van der Waals surface area contributed by atoms with Crippen molar-refractivity contribution in [3.63, 3.8) is 0 Å². The molecule has 1 aliphatic carbocycles. The van der Waals surface area contributed by atoms with Gasteiger partial charge in [-0.3, -0.25) is 0 Å². The summed E-state index contributed by atoms with van der Waals surface area (Å²) in [6, 6.07) is 0.427. The number of nitro groups is 1. The zero-order valence-corrected chi connectivity index (χ0v) is 8.14. The van der Waals surface area contributed by atoms with Gasteiger partial charge in [0, 0.05) is 13.0 Å². The standard InChI is InChI=1S/C9H13N3O2/c1-7-10-9(12(13)14)6-11(7)8-4-2-3-5-8/h6,8H,2-5H2,1H3. The van der Waals surface area contributed by atoms with Crippen LogP contribution < -0.4 is 0 Å². The molecular weight excluding hydrogens is 182 g/mol. The second-order valence-corrected chi connectivity index (χ2v) is 3.75. The largest absolute Gasteiger partial charge is 0.381 e. The van der Waals surface area contributed by atoms with E-state index in [9.17, 15) is 10.1 Å². The van der Waals surface area contributed by atoms with Crippen LogP contribution in [-0.2, 0) is 0 Å². The van der Waals surface area contributed by atoms with Crippen LogP contribution >= 0.6 is 0 Å². The fourth-order valence-corrected chi connectivity index (χ4v) is 2.11. The lowest BCUT2D eigenvalue weighted by molar-refractivity contribution is -0.389. The summed E-state index contributed by atoms with van der Waals surface area (Å²) in [5.41, 5.74) is 0. The first-order chi connectivity index (χ1) is 6.68. The van der Waals surface area contributed by atoms with Crippen molar-refractivity contribution in [2.75, 3.05) is 0 Å². The van der Waals surface area contributed by atoms with Gasteiger partial charge < -0.3 is 14.7 Å². The summed E-state index contributed by atoms with van der Waals surface area (Å²) >= 11 is 0. The van der Waals surface area contributed by atoms with Crippen molar-refractivity contribution in [2.45, 2.75) is 38.6 Å². The summed E-state index contributed by atoms with van der Waals surface area (Å²) in [7, 11) is 0. The molecule has 2 rings (SSSR count). The number of hydrogen-bond donors (Lipinski definition) is 0. The molecule has 0 aromatic carbocycles. The van der Waals surface area contributed by atoms with Gasteiger partial charge in [0.25, 0.3) is 0 Å². The first kappa shape index (κ1) is 9.18. The quantitative estimate of drug-likeness (QED) is 0.537. The number of nitrogens with zero attached hydrogens (tertiary/aromatic N) is 3. The monoisotopic (exact) mass is 195 g/mol. The molecule has 0 unspecified atom stereocenters. The van der Waals surface area contributed by atoms with Crippen LogP contribution in [-0.4, -0.2) is 14.5 Å². The Morgan fingerprint density at radius 3 is 2.71 bits per heavy atom. The van der Waals surface area contributed by atoms with Gasteiger partial charge >= 0.3 is 5.82 Å².